The molecular weight excluding hydrogens is 314 g/mol. The van der Waals surface area contributed by atoms with E-state index >= 15 is 0 Å². The zero-order chi connectivity index (χ0) is 22.2. The topological polar surface area (TPSA) is 12.0 Å². The van der Waals surface area contributed by atoms with Gasteiger partial charge in [-0.2, -0.15) is 0 Å². The van der Waals surface area contributed by atoms with E-state index in [9.17, 15) is 0 Å². The molecule has 0 aromatic carbocycles. The lowest BCUT2D eigenvalue weighted by atomic mass is 10.1. The highest BCUT2D eigenvalue weighted by atomic mass is 14.8. The highest BCUT2D eigenvalue weighted by Gasteiger charge is 1.95. The molecule has 0 aromatic rings. The minimum atomic E-state index is 1.18. The summed E-state index contributed by atoms with van der Waals surface area (Å²) in [6, 6.07) is 0. The van der Waals surface area contributed by atoms with Crippen LogP contribution in [0.4, 0.5) is 0 Å². The summed E-state index contributed by atoms with van der Waals surface area (Å²) >= 11 is 0. The molecule has 0 saturated heterocycles. The molecule has 0 fully saturated rings. The predicted molar refractivity (Wildman–Crippen MR) is 131 cm³/mol. The summed E-state index contributed by atoms with van der Waals surface area (Å²) in [4.78, 5) is 0. The van der Waals surface area contributed by atoms with Crippen molar-refractivity contribution < 1.29 is 0 Å². The first-order valence-electron chi connectivity index (χ1n) is 11.7. The Morgan fingerprint density at radius 3 is 1.46 bits per heavy atom. The maximum atomic E-state index is 3.23. The van der Waals surface area contributed by atoms with Gasteiger partial charge >= 0.3 is 0 Å². The van der Waals surface area contributed by atoms with E-state index in [2.05, 4.69) is 52.1 Å². The Hall–Kier alpha value is -0.720. The van der Waals surface area contributed by atoms with E-state index in [0.29, 0.717) is 0 Å². The second kappa shape index (κ2) is 56.4. The highest BCUT2D eigenvalue weighted by Crippen LogP contribution is 2.11. The van der Waals surface area contributed by atoms with Crippen molar-refractivity contribution >= 4 is 0 Å². The largest absolute Gasteiger partial charge is 0.391 e. The Morgan fingerprint density at radius 2 is 1.15 bits per heavy atom. The van der Waals surface area contributed by atoms with E-state index in [1.807, 2.05) is 62.4 Å². The fourth-order valence-electron chi connectivity index (χ4n) is 1.56. The standard InChI is InChI=1S/C14H27N.C3H8.4C2H6/c1-5-7-8-9-10-12-14(11-6-2)13(3)15-4;1-3-2;4*1-2/h10,12,15H,5-9,11H2,1-4H3;3H2,1-2H3;4*1-2H3/b12-10-,14-13+;;;;;. The summed E-state index contributed by atoms with van der Waals surface area (Å²) in [5.74, 6) is 0. The van der Waals surface area contributed by atoms with E-state index in [1.165, 1.54) is 56.2 Å². The van der Waals surface area contributed by atoms with Crippen molar-refractivity contribution in [2.75, 3.05) is 7.05 Å². The lowest BCUT2D eigenvalue weighted by Crippen LogP contribution is -2.04. The molecular formula is C25H59N. The molecule has 0 amide bonds. The van der Waals surface area contributed by atoms with Gasteiger partial charge in [-0.15, -0.1) is 0 Å². The van der Waals surface area contributed by atoms with E-state index in [-0.39, 0.29) is 0 Å². The number of allylic oxidation sites excluding steroid dienone is 4. The number of nitrogens with one attached hydrogen (secondary N) is 1. The van der Waals surface area contributed by atoms with Crippen molar-refractivity contribution in [3.8, 4) is 0 Å². The summed E-state index contributed by atoms with van der Waals surface area (Å²) < 4.78 is 0. The molecule has 0 rings (SSSR count). The van der Waals surface area contributed by atoms with E-state index in [0.717, 1.165) is 0 Å². The Balaban J connectivity index is -0.0000000763. The first-order chi connectivity index (χ1) is 12.7. The van der Waals surface area contributed by atoms with E-state index in [1.54, 1.807) is 0 Å². The monoisotopic (exact) mass is 373 g/mol. The quantitative estimate of drug-likeness (QED) is 0.329. The molecule has 0 aliphatic carbocycles. The molecule has 0 radical (unpaired) electrons. The van der Waals surface area contributed by atoms with Crippen LogP contribution in [0.2, 0.25) is 0 Å². The molecule has 0 aliphatic rings. The summed E-state index contributed by atoms with van der Waals surface area (Å²) in [7, 11) is 2.00. The van der Waals surface area contributed by atoms with Gasteiger partial charge in [-0.1, -0.05) is 121 Å². The van der Waals surface area contributed by atoms with Crippen LogP contribution < -0.4 is 5.32 Å². The summed E-state index contributed by atoms with van der Waals surface area (Å²) in [5, 5.41) is 3.23. The molecule has 26 heavy (non-hydrogen) atoms. The Kier molecular flexibility index (Phi) is 86.9. The smallest absolute Gasteiger partial charge is 0.0105 e. The van der Waals surface area contributed by atoms with Crippen LogP contribution in [0.15, 0.2) is 23.4 Å². The first kappa shape index (κ1) is 40.1. The van der Waals surface area contributed by atoms with Crippen LogP contribution in [-0.2, 0) is 0 Å². The third kappa shape index (κ3) is 49.5. The minimum absolute atomic E-state index is 1.18. The minimum Gasteiger partial charge on any atom is -0.391 e. The van der Waals surface area contributed by atoms with Crippen molar-refractivity contribution in [1.82, 2.24) is 5.32 Å². The van der Waals surface area contributed by atoms with Gasteiger partial charge in [-0.25, -0.2) is 0 Å². The lowest BCUT2D eigenvalue weighted by molar-refractivity contribution is 0.728. The van der Waals surface area contributed by atoms with Gasteiger partial charge in [0.25, 0.3) is 0 Å². The van der Waals surface area contributed by atoms with E-state index in [4.69, 9.17) is 0 Å². The van der Waals surface area contributed by atoms with Crippen molar-refractivity contribution in [1.29, 1.82) is 0 Å². The normalized spacial score (nSPS) is 9.15. The molecule has 1 N–H and O–H groups in total. The SMILES string of the molecule is CC.CC.CC.CC.CCC.CCCCC/C=C\C(CCC)=C(/C)NC. The highest BCUT2D eigenvalue weighted by molar-refractivity contribution is 5.23. The molecule has 1 nitrogen and oxygen atoms in total. The van der Waals surface area contributed by atoms with Crippen LogP contribution in [0, 0.1) is 0 Å². The van der Waals surface area contributed by atoms with Crippen LogP contribution in [-0.4, -0.2) is 7.05 Å². The van der Waals surface area contributed by atoms with Gasteiger partial charge < -0.3 is 5.32 Å². The summed E-state index contributed by atoms with van der Waals surface area (Å²) in [6.07, 6.45) is 13.5. The third-order valence-electron chi connectivity index (χ3n) is 2.67. The van der Waals surface area contributed by atoms with E-state index < -0.39 is 0 Å². The molecule has 0 aromatic heterocycles. The van der Waals surface area contributed by atoms with Crippen LogP contribution >= 0.6 is 0 Å². The van der Waals surface area contributed by atoms with Gasteiger partial charge in [-0.05, 0) is 31.8 Å². The van der Waals surface area contributed by atoms with Crippen molar-refractivity contribution in [2.45, 2.75) is 135 Å². The second-order valence-corrected chi connectivity index (χ2v) is 4.76. The van der Waals surface area contributed by atoms with Gasteiger partial charge in [0.05, 0.1) is 0 Å². The number of hydrogen-bond donors (Lipinski definition) is 1. The predicted octanol–water partition coefficient (Wildman–Crippen LogP) is 9.94. The number of unbranched alkanes of at least 4 members (excludes halogenated alkanes) is 3. The first-order valence-corrected chi connectivity index (χ1v) is 11.7. The Morgan fingerprint density at radius 1 is 0.731 bits per heavy atom. The van der Waals surface area contributed by atoms with Gasteiger partial charge in [0.1, 0.15) is 0 Å². The lowest BCUT2D eigenvalue weighted by Gasteiger charge is -2.06. The van der Waals surface area contributed by atoms with Crippen LogP contribution in [0.25, 0.3) is 0 Å². The molecule has 0 atom stereocenters. The average molecular weight is 374 g/mol. The summed E-state index contributed by atoms with van der Waals surface area (Å²) in [6.45, 7) is 26.9. The Labute approximate surface area is 171 Å². The maximum absolute atomic E-state index is 3.23. The molecule has 0 heterocycles. The van der Waals surface area contributed by atoms with Gasteiger partial charge in [-0.3, -0.25) is 0 Å². The number of rotatable bonds is 8. The molecule has 164 valence electrons. The van der Waals surface area contributed by atoms with Crippen LogP contribution in [0.3, 0.4) is 0 Å². The van der Waals surface area contributed by atoms with Crippen LogP contribution in [0.1, 0.15) is 135 Å². The van der Waals surface area contributed by atoms with Crippen LogP contribution in [0.5, 0.6) is 0 Å². The Bertz CT molecular complexity index is 214. The third-order valence-corrected chi connectivity index (χ3v) is 2.67. The average Bonchev–Trinajstić information content (AvgIpc) is 2.73. The van der Waals surface area contributed by atoms with Gasteiger partial charge in [0.15, 0.2) is 0 Å². The zero-order valence-corrected chi connectivity index (χ0v) is 21.6. The molecule has 0 saturated carbocycles. The van der Waals surface area contributed by atoms with Gasteiger partial charge in [0.2, 0.25) is 0 Å². The van der Waals surface area contributed by atoms with Crippen molar-refractivity contribution in [3.63, 3.8) is 0 Å². The number of hydrogen-bond acceptors (Lipinski definition) is 1. The fourth-order valence-corrected chi connectivity index (χ4v) is 1.56. The molecule has 0 bridgehead atoms. The summed E-state index contributed by atoms with van der Waals surface area (Å²) in [5.41, 5.74) is 2.76. The van der Waals surface area contributed by atoms with Gasteiger partial charge in [0, 0.05) is 12.7 Å². The zero-order valence-electron chi connectivity index (χ0n) is 21.6. The molecule has 0 aliphatic heterocycles. The molecule has 0 spiro atoms. The molecule has 1 heteroatoms. The fraction of sp³-hybridized carbons (Fsp3) is 0.840. The molecule has 0 unspecified atom stereocenters. The van der Waals surface area contributed by atoms with Crippen molar-refractivity contribution in [3.05, 3.63) is 23.4 Å². The van der Waals surface area contributed by atoms with Crippen molar-refractivity contribution in [2.24, 2.45) is 0 Å². The second-order valence-electron chi connectivity index (χ2n) is 4.76. The maximum Gasteiger partial charge on any atom is 0.0105 e.